The predicted molar refractivity (Wildman–Crippen MR) is 137 cm³/mol. The van der Waals surface area contributed by atoms with E-state index >= 15 is 0 Å². The molecule has 1 amide bonds. The molecule has 0 fully saturated rings. The fourth-order valence-electron chi connectivity index (χ4n) is 4.50. The van der Waals surface area contributed by atoms with Gasteiger partial charge in [-0.1, -0.05) is 68.4 Å². The molecule has 6 nitrogen and oxygen atoms in total. The first-order chi connectivity index (χ1) is 16.9. The molecule has 0 aliphatic carbocycles. The van der Waals surface area contributed by atoms with Crippen LogP contribution in [-0.4, -0.2) is 26.8 Å². The van der Waals surface area contributed by atoms with Gasteiger partial charge in [0.05, 0.1) is 12.6 Å². The summed E-state index contributed by atoms with van der Waals surface area (Å²) in [6, 6.07) is 21.7. The van der Waals surface area contributed by atoms with Gasteiger partial charge >= 0.3 is 5.97 Å². The van der Waals surface area contributed by atoms with Crippen LogP contribution in [0, 0.1) is 5.92 Å². The lowest BCUT2D eigenvalue weighted by atomic mass is 9.92. The van der Waals surface area contributed by atoms with E-state index in [0.717, 1.165) is 33.9 Å². The van der Waals surface area contributed by atoms with Crippen LogP contribution in [-0.2, 0) is 17.8 Å². The number of fused-ring (bicyclic) bond motifs is 1. The molecule has 0 radical (unpaired) electrons. The molecule has 6 heteroatoms. The van der Waals surface area contributed by atoms with Crippen molar-refractivity contribution in [2.75, 3.05) is 0 Å². The van der Waals surface area contributed by atoms with E-state index in [9.17, 15) is 14.7 Å². The number of hydrogen-bond acceptors (Lipinski definition) is 3. The first kappa shape index (κ1) is 24.2. The van der Waals surface area contributed by atoms with Crippen molar-refractivity contribution in [1.29, 1.82) is 0 Å². The van der Waals surface area contributed by atoms with Crippen LogP contribution in [0.3, 0.4) is 0 Å². The second-order valence-corrected chi connectivity index (χ2v) is 9.31. The highest BCUT2D eigenvalue weighted by Gasteiger charge is 2.21. The molecule has 0 aliphatic rings. The van der Waals surface area contributed by atoms with Crippen molar-refractivity contribution < 1.29 is 14.7 Å². The number of nitrogens with one attached hydrogen (secondary N) is 1. The molecule has 180 valence electrons. The average molecular weight is 470 g/mol. The van der Waals surface area contributed by atoms with Gasteiger partial charge in [-0.05, 0) is 58.4 Å². The zero-order chi connectivity index (χ0) is 24.8. The number of carbonyl (C=O) groups excluding carboxylic acids is 1. The predicted octanol–water partition coefficient (Wildman–Crippen LogP) is 5.62. The number of carbonyl (C=O) groups is 2. The number of amides is 1. The SMILES string of the molecule is CC(C)CC(NC(=O)c1cc(Cn2cccn2)ccc1CCC(=O)O)c1cccc2ccccc12. The molecule has 4 aromatic rings. The Labute approximate surface area is 205 Å². The summed E-state index contributed by atoms with van der Waals surface area (Å²) in [6.45, 7) is 4.83. The van der Waals surface area contributed by atoms with Gasteiger partial charge in [-0.2, -0.15) is 5.10 Å². The Morgan fingerprint density at radius 1 is 1.03 bits per heavy atom. The van der Waals surface area contributed by atoms with Crippen LogP contribution in [0.15, 0.2) is 79.1 Å². The van der Waals surface area contributed by atoms with Crippen LogP contribution < -0.4 is 5.32 Å². The molecule has 3 aromatic carbocycles. The molecule has 0 aliphatic heterocycles. The number of carboxylic acid groups (broad SMARTS) is 1. The monoisotopic (exact) mass is 469 g/mol. The second kappa shape index (κ2) is 11.0. The van der Waals surface area contributed by atoms with Crippen LogP contribution in [0.2, 0.25) is 0 Å². The van der Waals surface area contributed by atoms with Gasteiger partial charge in [-0.15, -0.1) is 0 Å². The molecule has 0 bridgehead atoms. The summed E-state index contributed by atoms with van der Waals surface area (Å²) in [6.07, 6.45) is 4.64. The van der Waals surface area contributed by atoms with E-state index in [1.807, 2.05) is 48.7 Å². The van der Waals surface area contributed by atoms with Gasteiger partial charge in [-0.3, -0.25) is 14.3 Å². The summed E-state index contributed by atoms with van der Waals surface area (Å²) in [5.41, 5.74) is 3.27. The van der Waals surface area contributed by atoms with Gasteiger partial charge in [0.2, 0.25) is 0 Å². The van der Waals surface area contributed by atoms with Crippen molar-refractivity contribution in [3.8, 4) is 0 Å². The fourth-order valence-corrected chi connectivity index (χ4v) is 4.50. The number of aliphatic carboxylic acids is 1. The van der Waals surface area contributed by atoms with E-state index < -0.39 is 5.97 Å². The van der Waals surface area contributed by atoms with Gasteiger partial charge in [-0.25, -0.2) is 0 Å². The smallest absolute Gasteiger partial charge is 0.303 e. The summed E-state index contributed by atoms with van der Waals surface area (Å²) < 4.78 is 1.80. The molecule has 4 rings (SSSR count). The first-order valence-corrected chi connectivity index (χ1v) is 12.0. The maximum atomic E-state index is 13.7. The lowest BCUT2D eigenvalue weighted by Gasteiger charge is -2.24. The van der Waals surface area contributed by atoms with Crippen molar-refractivity contribution >= 4 is 22.6 Å². The highest BCUT2D eigenvalue weighted by Crippen LogP contribution is 2.29. The number of rotatable bonds is 10. The molecule has 2 N–H and O–H groups in total. The Hall–Kier alpha value is -3.93. The number of benzene rings is 3. The minimum Gasteiger partial charge on any atom is -0.481 e. The number of nitrogens with zero attached hydrogens (tertiary/aromatic N) is 2. The van der Waals surface area contributed by atoms with Crippen LogP contribution >= 0.6 is 0 Å². The number of aryl methyl sites for hydroxylation is 1. The standard InChI is InChI=1S/C29H31N3O3/c1-20(2)17-27(25-10-5-8-22-7-3-4-9-24(22)25)31-29(35)26-18-21(19-32-16-6-15-30-32)11-12-23(26)13-14-28(33)34/h3-12,15-16,18,20,27H,13-14,17,19H2,1-2H3,(H,31,35)(H,33,34). The molecular weight excluding hydrogens is 438 g/mol. The van der Waals surface area contributed by atoms with Crippen LogP contribution in [0.4, 0.5) is 0 Å². The number of carboxylic acids is 1. The molecule has 0 saturated heterocycles. The van der Waals surface area contributed by atoms with Crippen molar-refractivity contribution in [3.63, 3.8) is 0 Å². The Morgan fingerprint density at radius 3 is 2.57 bits per heavy atom. The highest BCUT2D eigenvalue weighted by molar-refractivity contribution is 5.97. The van der Waals surface area contributed by atoms with Crippen LogP contribution in [0.1, 0.15) is 59.8 Å². The zero-order valence-corrected chi connectivity index (χ0v) is 20.1. The quantitative estimate of drug-likeness (QED) is 0.316. The lowest BCUT2D eigenvalue weighted by Crippen LogP contribution is -2.30. The second-order valence-electron chi connectivity index (χ2n) is 9.31. The molecule has 0 saturated carbocycles. The molecular formula is C29H31N3O3. The molecule has 1 atom stereocenters. The third-order valence-corrected chi connectivity index (χ3v) is 6.14. The van der Waals surface area contributed by atoms with E-state index in [-0.39, 0.29) is 18.4 Å². The summed E-state index contributed by atoms with van der Waals surface area (Å²) in [5.74, 6) is -0.700. The summed E-state index contributed by atoms with van der Waals surface area (Å²) >= 11 is 0. The normalized spacial score (nSPS) is 12.1. The van der Waals surface area contributed by atoms with E-state index in [0.29, 0.717) is 24.4 Å². The topological polar surface area (TPSA) is 84.2 Å². The summed E-state index contributed by atoms with van der Waals surface area (Å²) in [5, 5.41) is 19.0. The molecule has 35 heavy (non-hydrogen) atoms. The largest absolute Gasteiger partial charge is 0.481 e. The Bertz CT molecular complexity index is 1310. The van der Waals surface area contributed by atoms with E-state index in [2.05, 4.69) is 48.5 Å². The minimum absolute atomic E-state index is 0.0302. The van der Waals surface area contributed by atoms with E-state index in [4.69, 9.17) is 0 Å². The Kier molecular flexibility index (Phi) is 7.60. The third-order valence-electron chi connectivity index (χ3n) is 6.14. The number of hydrogen-bond donors (Lipinski definition) is 2. The molecule has 1 aromatic heterocycles. The Morgan fingerprint density at radius 2 is 1.83 bits per heavy atom. The van der Waals surface area contributed by atoms with Crippen LogP contribution in [0.5, 0.6) is 0 Å². The van der Waals surface area contributed by atoms with E-state index in [1.165, 1.54) is 0 Å². The van der Waals surface area contributed by atoms with Gasteiger partial charge in [0.25, 0.3) is 5.91 Å². The van der Waals surface area contributed by atoms with Crippen molar-refractivity contribution in [2.45, 2.75) is 45.7 Å². The molecule has 1 unspecified atom stereocenters. The van der Waals surface area contributed by atoms with Crippen molar-refractivity contribution in [1.82, 2.24) is 15.1 Å². The minimum atomic E-state index is -0.884. The van der Waals surface area contributed by atoms with Gasteiger partial charge in [0.1, 0.15) is 0 Å². The maximum Gasteiger partial charge on any atom is 0.303 e. The van der Waals surface area contributed by atoms with Gasteiger partial charge in [0, 0.05) is 24.4 Å². The Balaban J connectivity index is 1.68. The lowest BCUT2D eigenvalue weighted by molar-refractivity contribution is -0.136. The van der Waals surface area contributed by atoms with E-state index in [1.54, 1.807) is 10.9 Å². The molecule has 1 heterocycles. The highest BCUT2D eigenvalue weighted by atomic mass is 16.4. The zero-order valence-electron chi connectivity index (χ0n) is 20.1. The molecule has 0 spiro atoms. The van der Waals surface area contributed by atoms with Crippen molar-refractivity contribution in [2.24, 2.45) is 5.92 Å². The van der Waals surface area contributed by atoms with Crippen LogP contribution in [0.25, 0.3) is 10.8 Å². The summed E-state index contributed by atoms with van der Waals surface area (Å²) in [7, 11) is 0. The third kappa shape index (κ3) is 6.15. The maximum absolute atomic E-state index is 13.7. The average Bonchev–Trinajstić information content (AvgIpc) is 3.35. The van der Waals surface area contributed by atoms with Gasteiger partial charge < -0.3 is 10.4 Å². The van der Waals surface area contributed by atoms with Gasteiger partial charge in [0.15, 0.2) is 0 Å². The summed E-state index contributed by atoms with van der Waals surface area (Å²) in [4.78, 5) is 24.9. The van der Waals surface area contributed by atoms with Crippen molar-refractivity contribution in [3.05, 3.63) is 101 Å². The fraction of sp³-hybridized carbons (Fsp3) is 0.276. The first-order valence-electron chi connectivity index (χ1n) is 12.0. The number of aromatic nitrogens is 2.